The number of nitrogens with zero attached hydrogens (tertiary/aromatic N) is 2. The molecule has 0 saturated carbocycles. The monoisotopic (exact) mass is 391 g/mol. The van der Waals surface area contributed by atoms with Crippen LogP contribution in [0.15, 0.2) is 47.1 Å². The van der Waals surface area contributed by atoms with Crippen LogP contribution >= 0.6 is 11.3 Å². The number of nitrogens with one attached hydrogen (secondary N) is 1. The first kappa shape index (κ1) is 15.9. The highest BCUT2D eigenvalue weighted by atomic mass is 32.1. The van der Waals surface area contributed by atoms with Gasteiger partial charge in [-0.05, 0) is 23.8 Å². The van der Waals surface area contributed by atoms with Crippen molar-refractivity contribution in [3.8, 4) is 0 Å². The lowest BCUT2D eigenvalue weighted by molar-refractivity contribution is -0.157. The number of carbonyl (C=O) groups is 2. The zero-order chi connectivity index (χ0) is 19.0. The van der Waals surface area contributed by atoms with Crippen molar-refractivity contribution in [2.45, 2.75) is 18.5 Å². The molecule has 2 atom stereocenters. The third kappa shape index (κ3) is 2.02. The number of furan rings is 1. The Morgan fingerprint density at radius 3 is 2.93 bits per heavy atom. The van der Waals surface area contributed by atoms with Crippen molar-refractivity contribution in [1.82, 2.24) is 14.8 Å². The van der Waals surface area contributed by atoms with Crippen LogP contribution in [-0.4, -0.2) is 46.2 Å². The van der Waals surface area contributed by atoms with Crippen LogP contribution in [0.5, 0.6) is 0 Å². The normalized spacial score (nSPS) is 22.2. The molecule has 6 rings (SSSR count). The number of H-pyrrole nitrogens is 1. The average Bonchev–Trinajstić information content (AvgIpc) is 3.37. The second-order valence-electron chi connectivity index (χ2n) is 7.49. The third-order valence-corrected chi connectivity index (χ3v) is 6.98. The van der Waals surface area contributed by atoms with Crippen LogP contribution in [0.3, 0.4) is 0 Å². The Labute approximate surface area is 164 Å². The van der Waals surface area contributed by atoms with E-state index in [0.29, 0.717) is 6.42 Å². The van der Waals surface area contributed by atoms with E-state index in [1.54, 1.807) is 23.1 Å². The van der Waals surface area contributed by atoms with E-state index in [4.69, 9.17) is 4.42 Å². The van der Waals surface area contributed by atoms with Gasteiger partial charge in [-0.15, -0.1) is 11.3 Å². The number of fused-ring (bicyclic) bond motifs is 5. The van der Waals surface area contributed by atoms with E-state index in [0.717, 1.165) is 37.3 Å². The number of aromatic amines is 1. The molecule has 2 aliphatic heterocycles. The van der Waals surface area contributed by atoms with Gasteiger partial charge in [0, 0.05) is 40.3 Å². The van der Waals surface area contributed by atoms with Crippen molar-refractivity contribution >= 4 is 44.3 Å². The Morgan fingerprint density at radius 1 is 1.21 bits per heavy atom. The number of likely N-dealkylation sites (N-methyl/N-ethyl adjacent to an activating group) is 1. The van der Waals surface area contributed by atoms with Gasteiger partial charge in [-0.2, -0.15) is 0 Å². The minimum absolute atomic E-state index is 0.000717. The zero-order valence-corrected chi connectivity index (χ0v) is 16.0. The predicted molar refractivity (Wildman–Crippen MR) is 106 cm³/mol. The summed E-state index contributed by atoms with van der Waals surface area (Å²) in [5, 5.41) is 2.14. The lowest BCUT2D eigenvalue weighted by Gasteiger charge is -2.45. The van der Waals surface area contributed by atoms with Gasteiger partial charge in [0.1, 0.15) is 12.1 Å². The fourth-order valence-corrected chi connectivity index (χ4v) is 5.72. The van der Waals surface area contributed by atoms with Crippen LogP contribution in [0, 0.1) is 0 Å². The molecule has 5 heterocycles. The summed E-state index contributed by atoms with van der Waals surface area (Å²) >= 11 is 1.54. The van der Waals surface area contributed by atoms with Crippen LogP contribution < -0.4 is 0 Å². The number of thiophene rings is 1. The number of para-hydroxylation sites is 1. The first-order chi connectivity index (χ1) is 13.6. The molecule has 1 N–H and O–H groups in total. The molecule has 1 fully saturated rings. The molecule has 0 radical (unpaired) electrons. The van der Waals surface area contributed by atoms with Crippen LogP contribution in [-0.2, 0) is 16.0 Å². The van der Waals surface area contributed by atoms with E-state index in [-0.39, 0.29) is 24.4 Å². The van der Waals surface area contributed by atoms with Crippen molar-refractivity contribution in [2.24, 2.45) is 0 Å². The number of piperazine rings is 1. The van der Waals surface area contributed by atoms with E-state index in [9.17, 15) is 9.59 Å². The number of aromatic nitrogens is 1. The number of hydrogen-bond donors (Lipinski definition) is 1. The highest BCUT2D eigenvalue weighted by Gasteiger charge is 2.47. The molecule has 1 saturated heterocycles. The van der Waals surface area contributed by atoms with Crippen LogP contribution in [0.2, 0.25) is 0 Å². The topological polar surface area (TPSA) is 69.6 Å². The maximum atomic E-state index is 13.0. The summed E-state index contributed by atoms with van der Waals surface area (Å²) in [7, 11) is 1.70. The molecule has 2 aliphatic rings. The maximum Gasteiger partial charge on any atom is 0.245 e. The molecule has 2 unspecified atom stereocenters. The first-order valence-electron chi connectivity index (χ1n) is 9.24. The van der Waals surface area contributed by atoms with Gasteiger partial charge >= 0.3 is 0 Å². The molecular weight excluding hydrogens is 374 g/mol. The Morgan fingerprint density at radius 2 is 2.07 bits per heavy atom. The minimum atomic E-state index is -0.476. The quantitative estimate of drug-likeness (QED) is 0.541. The standard InChI is InChI=1S/C21H17N3O3S/c1-23-10-17(25)24-15(20(23)26)9-13-12-4-2-3-5-14(12)22-18(13)19(24)16-8-11-6-7-27-21(11)28-16/h2-8,15,19,22H,9-10H2,1H3. The Bertz CT molecular complexity index is 1240. The van der Waals surface area contributed by atoms with E-state index >= 15 is 0 Å². The van der Waals surface area contributed by atoms with Gasteiger partial charge in [0.25, 0.3) is 0 Å². The van der Waals surface area contributed by atoms with Crippen molar-refractivity contribution in [2.75, 3.05) is 13.6 Å². The van der Waals surface area contributed by atoms with Crippen molar-refractivity contribution in [1.29, 1.82) is 0 Å². The van der Waals surface area contributed by atoms with Gasteiger partial charge in [-0.3, -0.25) is 9.59 Å². The molecule has 140 valence electrons. The molecule has 28 heavy (non-hydrogen) atoms. The number of benzene rings is 1. The molecule has 6 nitrogen and oxygen atoms in total. The molecule has 0 aliphatic carbocycles. The fourth-order valence-electron chi connectivity index (χ4n) is 4.62. The first-order valence-corrected chi connectivity index (χ1v) is 10.1. The van der Waals surface area contributed by atoms with Crippen molar-refractivity contribution in [3.05, 3.63) is 58.8 Å². The largest absolute Gasteiger partial charge is 0.454 e. The molecule has 1 aromatic carbocycles. The van der Waals surface area contributed by atoms with E-state index in [1.807, 2.05) is 24.3 Å². The van der Waals surface area contributed by atoms with Gasteiger partial charge in [0.2, 0.25) is 11.8 Å². The number of carbonyl (C=O) groups excluding carboxylic acids is 2. The highest BCUT2D eigenvalue weighted by Crippen LogP contribution is 2.45. The lowest BCUT2D eigenvalue weighted by Crippen LogP contribution is -2.62. The smallest absolute Gasteiger partial charge is 0.245 e. The van der Waals surface area contributed by atoms with Gasteiger partial charge < -0.3 is 19.2 Å². The fraction of sp³-hybridized carbons (Fsp3) is 0.238. The summed E-state index contributed by atoms with van der Waals surface area (Å²) in [5.41, 5.74) is 3.17. The molecule has 2 amide bonds. The van der Waals surface area contributed by atoms with Crippen LogP contribution in [0.1, 0.15) is 22.2 Å². The number of amides is 2. The highest BCUT2D eigenvalue weighted by molar-refractivity contribution is 7.18. The Hall–Kier alpha value is -3.06. The van der Waals surface area contributed by atoms with E-state index < -0.39 is 6.04 Å². The summed E-state index contributed by atoms with van der Waals surface area (Å²) in [6.45, 7) is 0.114. The summed E-state index contributed by atoms with van der Waals surface area (Å²) in [5.74, 6) is -0.0211. The van der Waals surface area contributed by atoms with Crippen molar-refractivity contribution < 1.29 is 14.0 Å². The molecule has 0 bridgehead atoms. The Kier molecular flexibility index (Phi) is 3.12. The third-order valence-electron chi connectivity index (χ3n) is 5.89. The zero-order valence-electron chi connectivity index (χ0n) is 15.1. The predicted octanol–water partition coefficient (Wildman–Crippen LogP) is 3.29. The van der Waals surface area contributed by atoms with Crippen LogP contribution in [0.25, 0.3) is 21.2 Å². The number of hydrogen-bond acceptors (Lipinski definition) is 4. The van der Waals surface area contributed by atoms with E-state index in [2.05, 4.69) is 17.1 Å². The Balaban J connectivity index is 1.62. The summed E-state index contributed by atoms with van der Waals surface area (Å²) in [6.07, 6.45) is 2.21. The van der Waals surface area contributed by atoms with Gasteiger partial charge in [0.15, 0.2) is 4.90 Å². The van der Waals surface area contributed by atoms with Gasteiger partial charge in [-0.25, -0.2) is 0 Å². The molecule has 4 aromatic rings. The van der Waals surface area contributed by atoms with E-state index in [1.165, 1.54) is 11.3 Å². The van der Waals surface area contributed by atoms with Crippen LogP contribution in [0.4, 0.5) is 0 Å². The van der Waals surface area contributed by atoms with Crippen molar-refractivity contribution in [3.63, 3.8) is 0 Å². The summed E-state index contributed by atoms with van der Waals surface area (Å²) in [4.78, 5) is 34.7. The summed E-state index contributed by atoms with van der Waals surface area (Å²) in [6, 6.07) is 11.3. The van der Waals surface area contributed by atoms with Gasteiger partial charge in [-0.1, -0.05) is 18.2 Å². The second kappa shape index (κ2) is 5.48. The average molecular weight is 391 g/mol. The second-order valence-corrected chi connectivity index (χ2v) is 8.54. The minimum Gasteiger partial charge on any atom is -0.454 e. The maximum absolute atomic E-state index is 13.0. The van der Waals surface area contributed by atoms with Gasteiger partial charge in [0.05, 0.1) is 12.8 Å². The lowest BCUT2D eigenvalue weighted by atomic mass is 9.88. The number of rotatable bonds is 1. The molecule has 7 heteroatoms. The molecule has 3 aromatic heterocycles. The summed E-state index contributed by atoms with van der Waals surface area (Å²) < 4.78 is 5.57. The SMILES string of the molecule is CN1CC(=O)N2C(Cc3c([nH]c4ccccc34)C2c2cc3ccoc3s2)C1=O. The molecular formula is C21H17N3O3S. The molecule has 0 spiro atoms.